The number of carbonyl (C=O) groups is 1. The number of pyridine rings is 1. The normalized spacial score (nSPS) is 10.9. The van der Waals surface area contributed by atoms with E-state index in [9.17, 15) is 14.4 Å². The van der Waals surface area contributed by atoms with Crippen LogP contribution >= 0.6 is 11.3 Å². The van der Waals surface area contributed by atoms with E-state index in [4.69, 9.17) is 0 Å². The van der Waals surface area contributed by atoms with Gasteiger partial charge in [0.05, 0.1) is 10.9 Å². The van der Waals surface area contributed by atoms with E-state index in [0.717, 1.165) is 5.01 Å². The molecule has 9 nitrogen and oxygen atoms in total. The lowest BCUT2D eigenvalue weighted by molar-refractivity contribution is 0.102. The van der Waals surface area contributed by atoms with Crippen LogP contribution in [-0.2, 0) is 6.54 Å². The van der Waals surface area contributed by atoms with E-state index in [2.05, 4.69) is 25.5 Å². The fraction of sp³-hybridized carbons (Fsp3) is 0.286. The second-order valence-corrected chi connectivity index (χ2v) is 6.27. The Morgan fingerprint density at radius 3 is 2.83 bits per heavy atom. The van der Waals surface area contributed by atoms with Gasteiger partial charge in [-0.1, -0.05) is 18.3 Å². The van der Waals surface area contributed by atoms with Gasteiger partial charge in [0.25, 0.3) is 11.5 Å². The van der Waals surface area contributed by atoms with Crippen molar-refractivity contribution in [2.45, 2.75) is 26.8 Å². The maximum absolute atomic E-state index is 12.3. The summed E-state index contributed by atoms with van der Waals surface area (Å²) in [7, 11) is 0. The van der Waals surface area contributed by atoms with Crippen LogP contribution in [0.5, 0.6) is 0 Å². The molecule has 24 heavy (non-hydrogen) atoms. The van der Waals surface area contributed by atoms with Crippen molar-refractivity contribution in [1.29, 1.82) is 0 Å². The molecule has 0 aliphatic rings. The first kappa shape index (κ1) is 16.0. The topological polar surface area (TPSA) is 123 Å². The SMILES string of the molecule is CCCn1c(=O)[nH]c(=O)c2cc(C(=O)Nc3nnc(C)s3)cnc21. The quantitative estimate of drug-likeness (QED) is 0.724. The van der Waals surface area contributed by atoms with Crippen LogP contribution in [0.1, 0.15) is 28.7 Å². The molecule has 3 aromatic heterocycles. The Bertz CT molecular complexity index is 1030. The number of aryl methyl sites for hydroxylation is 2. The van der Waals surface area contributed by atoms with Crippen molar-refractivity contribution in [3.8, 4) is 0 Å². The van der Waals surface area contributed by atoms with Gasteiger partial charge in [-0.25, -0.2) is 9.78 Å². The number of nitrogens with zero attached hydrogens (tertiary/aromatic N) is 4. The average molecular weight is 346 g/mol. The summed E-state index contributed by atoms with van der Waals surface area (Å²) in [4.78, 5) is 42.6. The molecule has 0 aliphatic carbocycles. The summed E-state index contributed by atoms with van der Waals surface area (Å²) in [6.07, 6.45) is 2.04. The number of rotatable bonds is 4. The van der Waals surface area contributed by atoms with Gasteiger partial charge in [-0.15, -0.1) is 10.2 Å². The number of carbonyl (C=O) groups excluding carboxylic acids is 1. The van der Waals surface area contributed by atoms with E-state index >= 15 is 0 Å². The lowest BCUT2D eigenvalue weighted by Crippen LogP contribution is -2.31. The van der Waals surface area contributed by atoms with Gasteiger partial charge in [0.15, 0.2) is 0 Å². The third kappa shape index (κ3) is 2.95. The number of hydrogen-bond donors (Lipinski definition) is 2. The Morgan fingerprint density at radius 1 is 1.38 bits per heavy atom. The molecule has 0 saturated carbocycles. The number of aromatic nitrogens is 5. The largest absolute Gasteiger partial charge is 0.329 e. The first-order chi connectivity index (χ1) is 11.5. The Balaban J connectivity index is 2.03. The first-order valence-electron chi connectivity index (χ1n) is 7.24. The smallest absolute Gasteiger partial charge is 0.296 e. The summed E-state index contributed by atoms with van der Waals surface area (Å²) in [5.41, 5.74) is -0.629. The number of nitrogens with one attached hydrogen (secondary N) is 2. The van der Waals surface area contributed by atoms with E-state index in [1.165, 1.54) is 28.2 Å². The van der Waals surface area contributed by atoms with E-state index in [1.807, 2.05) is 6.92 Å². The molecule has 3 heterocycles. The van der Waals surface area contributed by atoms with Gasteiger partial charge in [0.1, 0.15) is 10.7 Å². The molecule has 0 radical (unpaired) electrons. The molecule has 0 aromatic carbocycles. The summed E-state index contributed by atoms with van der Waals surface area (Å²) < 4.78 is 1.38. The highest BCUT2D eigenvalue weighted by Gasteiger charge is 2.14. The van der Waals surface area contributed by atoms with Crippen molar-refractivity contribution >= 4 is 33.4 Å². The number of anilines is 1. The van der Waals surface area contributed by atoms with Gasteiger partial charge < -0.3 is 0 Å². The highest BCUT2D eigenvalue weighted by Crippen LogP contribution is 2.15. The van der Waals surface area contributed by atoms with Gasteiger partial charge in [0.2, 0.25) is 5.13 Å². The number of H-pyrrole nitrogens is 1. The number of aromatic amines is 1. The summed E-state index contributed by atoms with van der Waals surface area (Å²) in [5, 5.41) is 11.5. The monoisotopic (exact) mass is 346 g/mol. The molecular formula is C14H14N6O3S. The third-order valence-electron chi connectivity index (χ3n) is 3.29. The maximum atomic E-state index is 12.3. The Labute approximate surface area is 139 Å². The van der Waals surface area contributed by atoms with Crippen molar-refractivity contribution in [3.63, 3.8) is 0 Å². The zero-order valence-corrected chi connectivity index (χ0v) is 13.8. The molecule has 0 spiro atoms. The predicted octanol–water partition coefficient (Wildman–Crippen LogP) is 0.907. The maximum Gasteiger partial charge on any atom is 0.329 e. The number of amides is 1. The highest BCUT2D eigenvalue weighted by atomic mass is 32.1. The molecule has 3 aromatic rings. The molecule has 0 aliphatic heterocycles. The number of fused-ring (bicyclic) bond motifs is 1. The van der Waals surface area contributed by atoms with Gasteiger partial charge >= 0.3 is 5.69 Å². The van der Waals surface area contributed by atoms with E-state index in [1.54, 1.807) is 6.92 Å². The van der Waals surface area contributed by atoms with Crippen LogP contribution in [0, 0.1) is 6.92 Å². The van der Waals surface area contributed by atoms with Crippen molar-refractivity contribution in [3.05, 3.63) is 43.7 Å². The van der Waals surface area contributed by atoms with Crippen LogP contribution in [0.2, 0.25) is 0 Å². The van der Waals surface area contributed by atoms with Crippen LogP contribution < -0.4 is 16.6 Å². The Kier molecular flexibility index (Phi) is 4.21. The molecular weight excluding hydrogens is 332 g/mol. The minimum atomic E-state index is -0.573. The van der Waals surface area contributed by atoms with E-state index < -0.39 is 17.2 Å². The fourth-order valence-corrected chi connectivity index (χ4v) is 2.83. The molecule has 10 heteroatoms. The van der Waals surface area contributed by atoms with Crippen LogP contribution in [0.4, 0.5) is 5.13 Å². The summed E-state index contributed by atoms with van der Waals surface area (Å²) in [5.74, 6) is -0.451. The molecule has 0 unspecified atom stereocenters. The average Bonchev–Trinajstić information content (AvgIpc) is 2.96. The number of hydrogen-bond acceptors (Lipinski definition) is 7. The van der Waals surface area contributed by atoms with E-state index in [0.29, 0.717) is 18.1 Å². The van der Waals surface area contributed by atoms with Crippen molar-refractivity contribution in [2.24, 2.45) is 0 Å². The lowest BCUT2D eigenvalue weighted by atomic mass is 10.2. The van der Waals surface area contributed by atoms with Crippen LogP contribution in [0.25, 0.3) is 11.0 Å². The van der Waals surface area contributed by atoms with Crippen LogP contribution in [0.3, 0.4) is 0 Å². The Hall–Kier alpha value is -2.88. The molecule has 0 saturated heterocycles. The van der Waals surface area contributed by atoms with Gasteiger partial charge in [-0.3, -0.25) is 24.5 Å². The lowest BCUT2D eigenvalue weighted by Gasteiger charge is -2.08. The second-order valence-electron chi connectivity index (χ2n) is 5.09. The predicted molar refractivity (Wildman–Crippen MR) is 89.5 cm³/mol. The molecule has 3 rings (SSSR count). The van der Waals surface area contributed by atoms with E-state index in [-0.39, 0.29) is 16.6 Å². The molecule has 0 bridgehead atoms. The molecule has 0 fully saturated rings. The highest BCUT2D eigenvalue weighted by molar-refractivity contribution is 7.15. The minimum absolute atomic E-state index is 0.184. The second kappa shape index (κ2) is 6.32. The zero-order valence-electron chi connectivity index (χ0n) is 13.0. The van der Waals surface area contributed by atoms with Crippen molar-refractivity contribution in [1.82, 2.24) is 24.7 Å². The minimum Gasteiger partial charge on any atom is -0.296 e. The summed E-state index contributed by atoms with van der Waals surface area (Å²) in [6.45, 7) is 4.11. The van der Waals surface area contributed by atoms with Crippen molar-refractivity contribution < 1.29 is 4.79 Å². The van der Waals surface area contributed by atoms with Crippen LogP contribution in [0.15, 0.2) is 21.9 Å². The standard InChI is InChI=1S/C14H14N6O3S/c1-3-4-20-10-9(12(22)17-14(20)23)5-8(6-15-10)11(21)16-13-19-18-7(2)24-13/h5-6H,3-4H2,1-2H3,(H,16,19,21)(H,17,22,23). The fourth-order valence-electron chi connectivity index (χ4n) is 2.24. The van der Waals surface area contributed by atoms with Gasteiger partial charge in [0, 0.05) is 12.7 Å². The van der Waals surface area contributed by atoms with Crippen LogP contribution in [-0.4, -0.2) is 30.6 Å². The Morgan fingerprint density at radius 2 is 2.17 bits per heavy atom. The first-order valence-corrected chi connectivity index (χ1v) is 8.05. The zero-order chi connectivity index (χ0) is 17.3. The van der Waals surface area contributed by atoms with Crippen molar-refractivity contribution in [2.75, 3.05) is 5.32 Å². The molecule has 2 N–H and O–H groups in total. The molecule has 0 atom stereocenters. The molecule has 124 valence electrons. The van der Waals surface area contributed by atoms with Gasteiger partial charge in [-0.2, -0.15) is 0 Å². The third-order valence-corrected chi connectivity index (χ3v) is 4.04. The molecule has 1 amide bonds. The summed E-state index contributed by atoms with van der Waals surface area (Å²) in [6, 6.07) is 1.41. The van der Waals surface area contributed by atoms with Gasteiger partial charge in [-0.05, 0) is 19.4 Å². The summed E-state index contributed by atoms with van der Waals surface area (Å²) >= 11 is 1.24.